The lowest BCUT2D eigenvalue weighted by atomic mass is 10.2. The van der Waals surface area contributed by atoms with Crippen LogP contribution in [0.15, 0.2) is 24.5 Å². The minimum absolute atomic E-state index is 0.155. The molecule has 0 unspecified atom stereocenters. The van der Waals surface area contributed by atoms with Gasteiger partial charge in [-0.2, -0.15) is 5.10 Å². The Kier molecular flexibility index (Phi) is 3.24. The lowest BCUT2D eigenvalue weighted by molar-refractivity contribution is 0.0699. The van der Waals surface area contributed by atoms with Crippen molar-refractivity contribution in [2.75, 3.05) is 20.3 Å². The summed E-state index contributed by atoms with van der Waals surface area (Å²) in [5, 5.41) is 12.9. The summed E-state index contributed by atoms with van der Waals surface area (Å²) in [5.41, 5.74) is 0.662. The average Bonchev–Trinajstić information content (AvgIpc) is 2.72. The summed E-state index contributed by atoms with van der Waals surface area (Å²) < 4.78 is 11.8. The summed E-state index contributed by atoms with van der Waals surface area (Å²) in [5.74, 6) is -0.411. The molecule has 0 atom stereocenters. The van der Waals surface area contributed by atoms with E-state index >= 15 is 0 Å². The molecule has 0 aliphatic carbocycles. The molecule has 0 aliphatic heterocycles. The lowest BCUT2D eigenvalue weighted by Gasteiger charge is -2.05. The van der Waals surface area contributed by atoms with Gasteiger partial charge >= 0.3 is 5.97 Å². The Labute approximate surface area is 97.4 Å². The summed E-state index contributed by atoms with van der Waals surface area (Å²) in [7, 11) is 1.59. The molecular weight excluding hydrogens is 224 g/mol. The number of pyridine rings is 1. The highest BCUT2D eigenvalue weighted by atomic mass is 16.5. The highest BCUT2D eigenvalue weighted by Gasteiger charge is 2.11. The van der Waals surface area contributed by atoms with Crippen LogP contribution in [0.25, 0.3) is 5.52 Å². The van der Waals surface area contributed by atoms with E-state index in [1.165, 1.54) is 10.7 Å². The maximum atomic E-state index is 10.9. The maximum absolute atomic E-state index is 10.9. The van der Waals surface area contributed by atoms with Gasteiger partial charge in [0.1, 0.15) is 17.9 Å². The van der Waals surface area contributed by atoms with Gasteiger partial charge in [-0.1, -0.05) is 0 Å². The van der Waals surface area contributed by atoms with Gasteiger partial charge in [0.15, 0.2) is 0 Å². The molecule has 0 bridgehead atoms. The van der Waals surface area contributed by atoms with Gasteiger partial charge in [0.2, 0.25) is 0 Å². The number of ether oxygens (including phenoxy) is 2. The molecule has 6 nitrogen and oxygen atoms in total. The van der Waals surface area contributed by atoms with Gasteiger partial charge < -0.3 is 14.6 Å². The molecule has 2 aromatic rings. The summed E-state index contributed by atoms with van der Waals surface area (Å²) >= 11 is 0. The molecule has 0 amide bonds. The van der Waals surface area contributed by atoms with E-state index in [2.05, 4.69) is 5.10 Å². The van der Waals surface area contributed by atoms with E-state index in [1.807, 2.05) is 0 Å². The quantitative estimate of drug-likeness (QED) is 0.786. The average molecular weight is 236 g/mol. The van der Waals surface area contributed by atoms with Crippen LogP contribution in [-0.4, -0.2) is 41.0 Å². The van der Waals surface area contributed by atoms with Crippen LogP contribution in [0, 0.1) is 0 Å². The molecule has 17 heavy (non-hydrogen) atoms. The Morgan fingerprint density at radius 3 is 3.06 bits per heavy atom. The fourth-order valence-electron chi connectivity index (χ4n) is 1.46. The molecule has 0 fully saturated rings. The van der Waals surface area contributed by atoms with Crippen molar-refractivity contribution in [1.29, 1.82) is 0 Å². The molecular formula is C11H12N2O4. The first-order chi connectivity index (χ1) is 8.22. The van der Waals surface area contributed by atoms with Crippen LogP contribution < -0.4 is 4.74 Å². The topological polar surface area (TPSA) is 73.1 Å². The second kappa shape index (κ2) is 4.84. The number of nitrogens with zero attached hydrogens (tertiary/aromatic N) is 2. The van der Waals surface area contributed by atoms with E-state index in [-0.39, 0.29) is 5.56 Å². The van der Waals surface area contributed by atoms with E-state index in [9.17, 15) is 4.79 Å². The molecule has 1 N–H and O–H groups in total. The van der Waals surface area contributed by atoms with Gasteiger partial charge in [-0.25, -0.2) is 9.31 Å². The third kappa shape index (κ3) is 2.36. The number of aromatic carboxylic acids is 1. The predicted molar refractivity (Wildman–Crippen MR) is 59.5 cm³/mol. The predicted octanol–water partition coefficient (Wildman–Crippen LogP) is 1.06. The van der Waals surface area contributed by atoms with Crippen molar-refractivity contribution in [3.63, 3.8) is 0 Å². The third-order valence-corrected chi connectivity index (χ3v) is 2.28. The van der Waals surface area contributed by atoms with Crippen molar-refractivity contribution in [3.05, 3.63) is 30.1 Å². The number of carboxylic acids is 1. The van der Waals surface area contributed by atoms with Crippen molar-refractivity contribution in [2.45, 2.75) is 0 Å². The highest BCUT2D eigenvalue weighted by Crippen LogP contribution is 2.17. The number of methoxy groups -OCH3 is 1. The van der Waals surface area contributed by atoms with Gasteiger partial charge in [0.05, 0.1) is 18.3 Å². The van der Waals surface area contributed by atoms with Crippen molar-refractivity contribution >= 4 is 11.5 Å². The molecule has 90 valence electrons. The Balaban J connectivity index is 2.28. The zero-order chi connectivity index (χ0) is 12.3. The molecule has 2 rings (SSSR count). The smallest absolute Gasteiger partial charge is 0.339 e. The number of hydrogen-bond acceptors (Lipinski definition) is 4. The minimum atomic E-state index is -1.01. The minimum Gasteiger partial charge on any atom is -0.491 e. The largest absolute Gasteiger partial charge is 0.491 e. The molecule has 0 aliphatic rings. The van der Waals surface area contributed by atoms with Crippen LogP contribution in [-0.2, 0) is 4.74 Å². The Morgan fingerprint density at radius 1 is 1.53 bits per heavy atom. The third-order valence-electron chi connectivity index (χ3n) is 2.28. The SMILES string of the molecule is COCCOc1ccn2ncc(C(=O)O)c2c1. The number of carboxylic acid groups (broad SMARTS) is 1. The van der Waals surface area contributed by atoms with Crippen molar-refractivity contribution in [3.8, 4) is 5.75 Å². The van der Waals surface area contributed by atoms with E-state index < -0.39 is 5.97 Å². The van der Waals surface area contributed by atoms with Crippen LogP contribution in [0.1, 0.15) is 10.4 Å². The molecule has 0 saturated carbocycles. The number of hydrogen-bond donors (Lipinski definition) is 1. The molecule has 0 spiro atoms. The first-order valence-electron chi connectivity index (χ1n) is 5.05. The van der Waals surface area contributed by atoms with E-state index in [4.69, 9.17) is 14.6 Å². The second-order valence-corrected chi connectivity index (χ2v) is 3.40. The number of carbonyl (C=O) groups is 1. The Bertz CT molecular complexity index is 535. The highest BCUT2D eigenvalue weighted by molar-refractivity contribution is 5.95. The maximum Gasteiger partial charge on any atom is 0.339 e. The molecule has 0 saturated heterocycles. The molecule has 0 aromatic carbocycles. The van der Waals surface area contributed by atoms with Crippen LogP contribution in [0.3, 0.4) is 0 Å². The van der Waals surface area contributed by atoms with Gasteiger partial charge in [0, 0.05) is 19.4 Å². The van der Waals surface area contributed by atoms with E-state index in [0.717, 1.165) is 0 Å². The van der Waals surface area contributed by atoms with Crippen molar-refractivity contribution in [2.24, 2.45) is 0 Å². The fraction of sp³-hybridized carbons (Fsp3) is 0.273. The molecule has 2 aromatic heterocycles. The van der Waals surface area contributed by atoms with Crippen LogP contribution in [0.2, 0.25) is 0 Å². The number of aromatic nitrogens is 2. The van der Waals surface area contributed by atoms with Gasteiger partial charge in [-0.05, 0) is 6.07 Å². The lowest BCUT2D eigenvalue weighted by Crippen LogP contribution is -2.04. The van der Waals surface area contributed by atoms with Crippen LogP contribution >= 0.6 is 0 Å². The molecule has 2 heterocycles. The summed E-state index contributed by atoms with van der Waals surface area (Å²) in [6.45, 7) is 0.902. The number of rotatable bonds is 5. The molecule has 6 heteroatoms. The van der Waals surface area contributed by atoms with Gasteiger partial charge in [-0.3, -0.25) is 0 Å². The van der Waals surface area contributed by atoms with Gasteiger partial charge in [-0.15, -0.1) is 0 Å². The van der Waals surface area contributed by atoms with Gasteiger partial charge in [0.25, 0.3) is 0 Å². The Morgan fingerprint density at radius 2 is 2.35 bits per heavy atom. The van der Waals surface area contributed by atoms with Crippen molar-refractivity contribution < 1.29 is 19.4 Å². The Hall–Kier alpha value is -2.08. The second-order valence-electron chi connectivity index (χ2n) is 3.40. The normalized spacial score (nSPS) is 10.6. The summed E-state index contributed by atoms with van der Waals surface area (Å²) in [6.07, 6.45) is 2.97. The molecule has 0 radical (unpaired) electrons. The standard InChI is InChI=1S/C11H12N2O4/c1-16-4-5-17-8-2-3-13-10(6-8)9(7-12-13)11(14)15/h2-3,6-7H,4-5H2,1H3,(H,14,15). The summed E-state index contributed by atoms with van der Waals surface area (Å²) in [6, 6.07) is 3.37. The summed E-state index contributed by atoms with van der Waals surface area (Å²) in [4.78, 5) is 10.9. The van der Waals surface area contributed by atoms with E-state index in [0.29, 0.717) is 24.5 Å². The first kappa shape index (κ1) is 11.4. The van der Waals surface area contributed by atoms with E-state index in [1.54, 1.807) is 25.4 Å². The van der Waals surface area contributed by atoms with Crippen LogP contribution in [0.5, 0.6) is 5.75 Å². The van der Waals surface area contributed by atoms with Crippen LogP contribution in [0.4, 0.5) is 0 Å². The zero-order valence-corrected chi connectivity index (χ0v) is 9.29. The van der Waals surface area contributed by atoms with Crippen molar-refractivity contribution in [1.82, 2.24) is 9.61 Å². The first-order valence-corrected chi connectivity index (χ1v) is 5.05. The fourth-order valence-corrected chi connectivity index (χ4v) is 1.46. The zero-order valence-electron chi connectivity index (χ0n) is 9.29. The monoisotopic (exact) mass is 236 g/mol. The number of fused-ring (bicyclic) bond motifs is 1.